The molecule has 1 aromatic rings. The molecule has 1 unspecified atom stereocenters. The van der Waals surface area contributed by atoms with Crippen molar-refractivity contribution in [3.8, 4) is 0 Å². The van der Waals surface area contributed by atoms with Gasteiger partial charge in [-0.1, -0.05) is 13.0 Å². The smallest absolute Gasteiger partial charge is 0.248 e. The SMILES string of the molecule is CCC(=O)N1CSCC1C(=O)Nc1ccc2c(c1F)CCNC2. The third kappa shape index (κ3) is 3.21. The molecule has 2 heterocycles. The van der Waals surface area contributed by atoms with E-state index in [2.05, 4.69) is 10.6 Å². The van der Waals surface area contributed by atoms with Gasteiger partial charge in [0.1, 0.15) is 11.9 Å². The highest BCUT2D eigenvalue weighted by atomic mass is 32.2. The van der Waals surface area contributed by atoms with Crippen molar-refractivity contribution >= 4 is 29.3 Å². The molecular formula is C16H20FN3O2S. The van der Waals surface area contributed by atoms with E-state index in [0.717, 1.165) is 12.1 Å². The molecule has 0 bridgehead atoms. The van der Waals surface area contributed by atoms with Gasteiger partial charge in [-0.2, -0.15) is 0 Å². The lowest BCUT2D eigenvalue weighted by Crippen LogP contribution is -2.44. The van der Waals surface area contributed by atoms with Gasteiger partial charge in [0, 0.05) is 18.7 Å². The maximum Gasteiger partial charge on any atom is 0.248 e. The lowest BCUT2D eigenvalue weighted by Gasteiger charge is -2.23. The number of nitrogens with zero attached hydrogens (tertiary/aromatic N) is 1. The number of fused-ring (bicyclic) bond motifs is 1. The number of halogens is 1. The van der Waals surface area contributed by atoms with Crippen LogP contribution in [0.5, 0.6) is 0 Å². The predicted molar refractivity (Wildman–Crippen MR) is 88.7 cm³/mol. The Morgan fingerprint density at radius 1 is 1.48 bits per heavy atom. The molecule has 1 atom stereocenters. The molecule has 1 saturated heterocycles. The van der Waals surface area contributed by atoms with Crippen molar-refractivity contribution in [2.24, 2.45) is 0 Å². The summed E-state index contributed by atoms with van der Waals surface area (Å²) in [6.07, 6.45) is 0.981. The van der Waals surface area contributed by atoms with Crippen LogP contribution in [0.2, 0.25) is 0 Å². The number of anilines is 1. The fraction of sp³-hybridized carbons (Fsp3) is 0.500. The summed E-state index contributed by atoms with van der Waals surface area (Å²) in [6, 6.07) is 2.93. The quantitative estimate of drug-likeness (QED) is 0.882. The third-order valence-corrected chi connectivity index (χ3v) is 5.29. The Bertz CT molecular complexity index is 638. The van der Waals surface area contributed by atoms with Crippen LogP contribution in [0, 0.1) is 5.82 Å². The van der Waals surface area contributed by atoms with Crippen molar-refractivity contribution in [3.05, 3.63) is 29.1 Å². The van der Waals surface area contributed by atoms with Crippen molar-refractivity contribution < 1.29 is 14.0 Å². The van der Waals surface area contributed by atoms with E-state index in [-0.39, 0.29) is 23.3 Å². The van der Waals surface area contributed by atoms with Gasteiger partial charge in [0.25, 0.3) is 0 Å². The van der Waals surface area contributed by atoms with Crippen molar-refractivity contribution in [2.45, 2.75) is 32.4 Å². The lowest BCUT2D eigenvalue weighted by atomic mass is 9.99. The number of rotatable bonds is 3. The van der Waals surface area contributed by atoms with E-state index in [1.807, 2.05) is 6.07 Å². The topological polar surface area (TPSA) is 61.4 Å². The molecule has 124 valence electrons. The first kappa shape index (κ1) is 16.3. The number of thioether (sulfide) groups is 1. The second-order valence-corrected chi connectivity index (χ2v) is 6.71. The van der Waals surface area contributed by atoms with E-state index in [1.54, 1.807) is 29.7 Å². The summed E-state index contributed by atoms with van der Waals surface area (Å²) >= 11 is 1.54. The Morgan fingerprint density at radius 2 is 2.30 bits per heavy atom. The van der Waals surface area contributed by atoms with E-state index in [9.17, 15) is 14.0 Å². The maximum absolute atomic E-state index is 14.6. The van der Waals surface area contributed by atoms with Crippen molar-refractivity contribution in [3.63, 3.8) is 0 Å². The molecule has 0 saturated carbocycles. The maximum atomic E-state index is 14.6. The summed E-state index contributed by atoms with van der Waals surface area (Å²) in [4.78, 5) is 25.9. The lowest BCUT2D eigenvalue weighted by molar-refractivity contribution is -0.135. The molecule has 2 amide bonds. The summed E-state index contributed by atoms with van der Waals surface area (Å²) in [6.45, 7) is 3.16. The summed E-state index contributed by atoms with van der Waals surface area (Å²) in [5.74, 6) is 0.352. The van der Waals surface area contributed by atoms with Crippen molar-refractivity contribution in [2.75, 3.05) is 23.5 Å². The third-order valence-electron chi connectivity index (χ3n) is 4.27. The molecule has 2 aliphatic heterocycles. The second kappa shape index (κ2) is 6.88. The highest BCUT2D eigenvalue weighted by molar-refractivity contribution is 7.99. The Hall–Kier alpha value is -1.60. The monoisotopic (exact) mass is 337 g/mol. The van der Waals surface area contributed by atoms with Gasteiger partial charge in [0.2, 0.25) is 11.8 Å². The van der Waals surface area contributed by atoms with E-state index in [4.69, 9.17) is 0 Å². The first-order chi connectivity index (χ1) is 11.1. The number of benzene rings is 1. The van der Waals surface area contributed by atoms with Crippen LogP contribution in [0.25, 0.3) is 0 Å². The van der Waals surface area contributed by atoms with Gasteiger partial charge in [0.15, 0.2) is 0 Å². The number of hydrogen-bond donors (Lipinski definition) is 2. The molecule has 7 heteroatoms. The number of hydrogen-bond acceptors (Lipinski definition) is 4. The van der Waals surface area contributed by atoms with Crippen molar-refractivity contribution in [1.82, 2.24) is 10.2 Å². The van der Waals surface area contributed by atoms with Gasteiger partial charge >= 0.3 is 0 Å². The second-order valence-electron chi connectivity index (χ2n) is 5.71. The molecule has 3 rings (SSSR count). The molecule has 2 N–H and O–H groups in total. The first-order valence-corrected chi connectivity index (χ1v) is 8.96. The molecule has 1 aromatic carbocycles. The molecule has 1 fully saturated rings. The zero-order valence-corrected chi connectivity index (χ0v) is 13.8. The highest BCUT2D eigenvalue weighted by Gasteiger charge is 2.34. The normalized spacial score (nSPS) is 20.3. The number of nitrogens with one attached hydrogen (secondary N) is 2. The van der Waals surface area contributed by atoms with Crippen LogP contribution in [0.3, 0.4) is 0 Å². The highest BCUT2D eigenvalue weighted by Crippen LogP contribution is 2.27. The summed E-state index contributed by atoms with van der Waals surface area (Å²) in [5, 5.41) is 5.87. The van der Waals surface area contributed by atoms with Crippen LogP contribution in [-0.4, -0.2) is 40.9 Å². The van der Waals surface area contributed by atoms with Crippen molar-refractivity contribution in [1.29, 1.82) is 0 Å². The van der Waals surface area contributed by atoms with E-state index < -0.39 is 6.04 Å². The summed E-state index contributed by atoms with van der Waals surface area (Å²) in [7, 11) is 0. The Labute approximate surface area is 139 Å². The Kier molecular flexibility index (Phi) is 4.87. The van der Waals surface area contributed by atoms with Crippen LogP contribution >= 0.6 is 11.8 Å². The van der Waals surface area contributed by atoms with Gasteiger partial charge in [-0.05, 0) is 30.2 Å². The van der Waals surface area contributed by atoms with Crippen LogP contribution < -0.4 is 10.6 Å². The molecule has 2 aliphatic rings. The zero-order chi connectivity index (χ0) is 16.4. The van der Waals surface area contributed by atoms with Gasteiger partial charge in [-0.15, -0.1) is 11.8 Å². The molecule has 0 aromatic heterocycles. The summed E-state index contributed by atoms with van der Waals surface area (Å²) in [5.41, 5.74) is 1.81. The van der Waals surface area contributed by atoms with Crippen LogP contribution in [0.4, 0.5) is 10.1 Å². The molecule has 23 heavy (non-hydrogen) atoms. The Balaban J connectivity index is 1.76. The minimum atomic E-state index is -0.524. The van der Waals surface area contributed by atoms with E-state index in [1.165, 1.54) is 0 Å². The number of carbonyl (C=O) groups is 2. The van der Waals surface area contributed by atoms with Gasteiger partial charge < -0.3 is 15.5 Å². The van der Waals surface area contributed by atoms with E-state index in [0.29, 0.717) is 36.6 Å². The molecule has 0 aliphatic carbocycles. The van der Waals surface area contributed by atoms with Gasteiger partial charge in [-0.3, -0.25) is 9.59 Å². The average Bonchev–Trinajstić information content (AvgIpc) is 3.06. The largest absolute Gasteiger partial charge is 0.322 e. The fourth-order valence-corrected chi connectivity index (χ4v) is 4.14. The standard InChI is InChI=1S/C16H20FN3O2S/c1-2-14(21)20-9-23-8-13(20)16(22)19-12-4-3-10-7-18-6-5-11(10)15(12)17/h3-4,13,18H,2,5-9H2,1H3,(H,19,22). The van der Waals surface area contributed by atoms with Crippen LogP contribution in [0.1, 0.15) is 24.5 Å². The average molecular weight is 337 g/mol. The number of carbonyl (C=O) groups excluding carboxylic acids is 2. The predicted octanol–water partition coefficient (Wildman–Crippen LogP) is 1.72. The van der Waals surface area contributed by atoms with Crippen LogP contribution in [-0.2, 0) is 22.6 Å². The summed E-state index contributed by atoms with van der Waals surface area (Å²) < 4.78 is 14.6. The molecule has 0 radical (unpaired) electrons. The molecule has 0 spiro atoms. The zero-order valence-electron chi connectivity index (χ0n) is 13.0. The van der Waals surface area contributed by atoms with Gasteiger partial charge in [-0.25, -0.2) is 4.39 Å². The van der Waals surface area contributed by atoms with Gasteiger partial charge in [0.05, 0.1) is 11.6 Å². The van der Waals surface area contributed by atoms with Crippen LogP contribution in [0.15, 0.2) is 12.1 Å². The fourth-order valence-electron chi connectivity index (χ4n) is 2.95. The minimum Gasteiger partial charge on any atom is -0.322 e. The first-order valence-electron chi connectivity index (χ1n) is 7.81. The molecule has 5 nitrogen and oxygen atoms in total. The minimum absolute atomic E-state index is 0.0489. The Morgan fingerprint density at radius 3 is 3.09 bits per heavy atom. The van der Waals surface area contributed by atoms with E-state index >= 15 is 0 Å². The molecular weight excluding hydrogens is 317 g/mol. The number of amides is 2.